The highest BCUT2D eigenvalue weighted by Gasteiger charge is 2.22. The molecular weight excluding hydrogens is 388 g/mol. The van der Waals surface area contributed by atoms with Gasteiger partial charge in [0.2, 0.25) is 18.1 Å². The summed E-state index contributed by atoms with van der Waals surface area (Å²) in [6, 6.07) is 2.58. The van der Waals surface area contributed by atoms with Crippen LogP contribution >= 0.6 is 0 Å². The molecule has 0 saturated heterocycles. The van der Waals surface area contributed by atoms with Crippen LogP contribution in [-0.4, -0.2) is 61.3 Å². The van der Waals surface area contributed by atoms with E-state index in [9.17, 15) is 14.4 Å². The van der Waals surface area contributed by atoms with Crippen LogP contribution in [-0.2, 0) is 11.3 Å². The van der Waals surface area contributed by atoms with E-state index in [-0.39, 0.29) is 18.3 Å². The van der Waals surface area contributed by atoms with Crippen molar-refractivity contribution in [1.29, 1.82) is 0 Å². The number of ether oxygens (including phenoxy) is 2. The number of nitrogens with one attached hydrogen (secondary N) is 2. The van der Waals surface area contributed by atoms with E-state index in [1.54, 1.807) is 23.6 Å². The molecule has 0 fully saturated rings. The Morgan fingerprint density at radius 2 is 1.93 bits per heavy atom. The largest absolute Gasteiger partial charge is 0.454 e. The number of fused-ring (bicyclic) bond motifs is 2. The molecule has 1 aromatic heterocycles. The average Bonchev–Trinajstić information content (AvgIpc) is 3.17. The fraction of sp³-hybridized carbons (Fsp3) is 0.476. The molecule has 9 heteroatoms. The number of hydrogen-bond donors (Lipinski definition) is 2. The Kier molecular flexibility index (Phi) is 6.61. The minimum atomic E-state index is -0.765. The van der Waals surface area contributed by atoms with E-state index < -0.39 is 17.4 Å². The highest BCUT2D eigenvalue weighted by atomic mass is 16.7. The molecule has 0 unspecified atom stereocenters. The smallest absolute Gasteiger partial charge is 0.257 e. The molecule has 2 amide bonds. The van der Waals surface area contributed by atoms with Crippen LogP contribution in [0.4, 0.5) is 0 Å². The van der Waals surface area contributed by atoms with Crippen LogP contribution in [0.2, 0.25) is 0 Å². The number of carbonyl (C=O) groups is 2. The van der Waals surface area contributed by atoms with Gasteiger partial charge in [-0.2, -0.15) is 0 Å². The van der Waals surface area contributed by atoms with Gasteiger partial charge in [-0.25, -0.2) is 0 Å². The first kappa shape index (κ1) is 21.6. The van der Waals surface area contributed by atoms with Crippen LogP contribution in [0.3, 0.4) is 0 Å². The molecule has 2 N–H and O–H groups in total. The van der Waals surface area contributed by atoms with E-state index in [0.717, 1.165) is 13.0 Å². The lowest BCUT2D eigenvalue weighted by molar-refractivity contribution is -0.122. The van der Waals surface area contributed by atoms with Gasteiger partial charge in [0.25, 0.3) is 5.91 Å². The Bertz CT molecular complexity index is 1010. The number of aromatic nitrogens is 1. The third-order valence-electron chi connectivity index (χ3n) is 4.98. The zero-order valence-corrected chi connectivity index (χ0v) is 17.8. The lowest BCUT2D eigenvalue weighted by atomic mass is 10.1. The number of aryl methyl sites for hydroxylation is 1. The van der Waals surface area contributed by atoms with Gasteiger partial charge in [-0.1, -0.05) is 0 Å². The number of pyridine rings is 1. The normalized spacial score (nSPS) is 13.5. The van der Waals surface area contributed by atoms with Crippen LogP contribution in [0, 0.1) is 0 Å². The van der Waals surface area contributed by atoms with Gasteiger partial charge >= 0.3 is 0 Å². The third-order valence-corrected chi connectivity index (χ3v) is 4.98. The van der Waals surface area contributed by atoms with Crippen LogP contribution in [0.25, 0.3) is 10.9 Å². The molecule has 0 bridgehead atoms. The van der Waals surface area contributed by atoms with Crippen molar-refractivity contribution in [3.63, 3.8) is 0 Å². The fourth-order valence-electron chi connectivity index (χ4n) is 3.30. The first-order chi connectivity index (χ1) is 14.3. The summed E-state index contributed by atoms with van der Waals surface area (Å²) in [5, 5.41) is 5.79. The molecule has 0 aliphatic carbocycles. The maximum atomic E-state index is 13.0. The van der Waals surface area contributed by atoms with E-state index >= 15 is 0 Å². The molecule has 2 heterocycles. The van der Waals surface area contributed by atoms with Gasteiger partial charge in [0.15, 0.2) is 11.5 Å². The van der Waals surface area contributed by atoms with Crippen molar-refractivity contribution in [3.05, 3.63) is 34.1 Å². The van der Waals surface area contributed by atoms with Gasteiger partial charge in [-0.15, -0.1) is 0 Å². The number of hydrogen-bond acceptors (Lipinski definition) is 6. The predicted octanol–water partition coefficient (Wildman–Crippen LogP) is 0.936. The minimum absolute atomic E-state index is 0.0181. The molecule has 1 atom stereocenters. The molecule has 1 aromatic carbocycles. The van der Waals surface area contributed by atoms with E-state index in [2.05, 4.69) is 10.6 Å². The molecule has 1 aliphatic rings. The number of rotatable bonds is 8. The van der Waals surface area contributed by atoms with Crippen molar-refractivity contribution in [3.8, 4) is 11.5 Å². The van der Waals surface area contributed by atoms with Crippen LogP contribution < -0.4 is 25.5 Å². The highest BCUT2D eigenvalue weighted by molar-refractivity contribution is 6.00. The molecule has 0 radical (unpaired) electrons. The monoisotopic (exact) mass is 416 g/mol. The maximum absolute atomic E-state index is 13.0. The van der Waals surface area contributed by atoms with Crippen molar-refractivity contribution in [2.24, 2.45) is 0 Å². The number of benzene rings is 1. The molecule has 9 nitrogen and oxygen atoms in total. The Balaban J connectivity index is 1.78. The Labute approximate surface area is 174 Å². The van der Waals surface area contributed by atoms with Gasteiger partial charge in [0.1, 0.15) is 11.6 Å². The van der Waals surface area contributed by atoms with Gasteiger partial charge < -0.3 is 29.6 Å². The topological polar surface area (TPSA) is 102 Å². The summed E-state index contributed by atoms with van der Waals surface area (Å²) in [5.41, 5.74) is 0.231. The van der Waals surface area contributed by atoms with Crippen molar-refractivity contribution in [2.45, 2.75) is 32.9 Å². The molecular formula is C21H28N4O5. The summed E-state index contributed by atoms with van der Waals surface area (Å²) >= 11 is 0. The zero-order chi connectivity index (χ0) is 21.8. The first-order valence-corrected chi connectivity index (χ1v) is 10.0. The van der Waals surface area contributed by atoms with Gasteiger partial charge in [-0.3, -0.25) is 14.4 Å². The predicted molar refractivity (Wildman–Crippen MR) is 113 cm³/mol. The molecule has 0 spiro atoms. The summed E-state index contributed by atoms with van der Waals surface area (Å²) in [5.74, 6) is 0.172. The summed E-state index contributed by atoms with van der Waals surface area (Å²) in [7, 11) is 3.93. The minimum Gasteiger partial charge on any atom is -0.454 e. The number of carbonyl (C=O) groups excluding carboxylic acids is 2. The van der Waals surface area contributed by atoms with E-state index in [0.29, 0.717) is 35.5 Å². The third kappa shape index (κ3) is 4.56. The van der Waals surface area contributed by atoms with E-state index in [4.69, 9.17) is 9.47 Å². The molecule has 0 saturated carbocycles. The van der Waals surface area contributed by atoms with E-state index in [1.165, 1.54) is 6.20 Å². The first-order valence-electron chi connectivity index (χ1n) is 10.0. The second kappa shape index (κ2) is 9.17. The SMILES string of the molecule is CCn1cc(C(=O)N[C@@H](C)C(=O)NCCCN(C)C)c(=O)c2cc3c(cc21)OCO3. The van der Waals surface area contributed by atoms with Crippen molar-refractivity contribution in [1.82, 2.24) is 20.1 Å². The highest BCUT2D eigenvalue weighted by Crippen LogP contribution is 2.35. The summed E-state index contributed by atoms with van der Waals surface area (Å²) in [6.45, 7) is 5.53. The summed E-state index contributed by atoms with van der Waals surface area (Å²) < 4.78 is 12.6. The molecule has 162 valence electrons. The zero-order valence-electron chi connectivity index (χ0n) is 17.8. The Morgan fingerprint density at radius 3 is 2.60 bits per heavy atom. The van der Waals surface area contributed by atoms with Crippen LogP contribution in [0.15, 0.2) is 23.1 Å². The second-order valence-electron chi connectivity index (χ2n) is 7.52. The fourth-order valence-corrected chi connectivity index (χ4v) is 3.30. The number of nitrogens with zero attached hydrogens (tertiary/aromatic N) is 2. The summed E-state index contributed by atoms with van der Waals surface area (Å²) in [6.07, 6.45) is 2.32. The van der Waals surface area contributed by atoms with Gasteiger partial charge in [0.05, 0.1) is 10.9 Å². The second-order valence-corrected chi connectivity index (χ2v) is 7.52. The van der Waals surface area contributed by atoms with Crippen molar-refractivity contribution < 1.29 is 19.1 Å². The van der Waals surface area contributed by atoms with Gasteiger partial charge in [-0.05, 0) is 47.0 Å². The summed E-state index contributed by atoms with van der Waals surface area (Å²) in [4.78, 5) is 40.0. The Morgan fingerprint density at radius 1 is 1.23 bits per heavy atom. The molecule has 3 rings (SSSR count). The molecule has 2 aromatic rings. The maximum Gasteiger partial charge on any atom is 0.257 e. The quantitative estimate of drug-likeness (QED) is 0.621. The average molecular weight is 416 g/mol. The van der Waals surface area contributed by atoms with Crippen LogP contribution in [0.5, 0.6) is 11.5 Å². The standard InChI is InChI=1S/C21H28N4O5/c1-5-25-11-15(19(26)14-9-17-18(10-16(14)25)30-12-29-17)21(28)23-13(2)20(27)22-7-6-8-24(3)4/h9-11,13H,5-8,12H2,1-4H3,(H,22,27)(H,23,28)/t13-/m0/s1. The van der Waals surface area contributed by atoms with Crippen molar-refractivity contribution in [2.75, 3.05) is 34.0 Å². The lowest BCUT2D eigenvalue weighted by Crippen LogP contribution is -2.46. The number of amides is 2. The van der Waals surface area contributed by atoms with E-state index in [1.807, 2.05) is 25.9 Å². The van der Waals surface area contributed by atoms with Gasteiger partial charge in [0, 0.05) is 25.4 Å². The molecule has 1 aliphatic heterocycles. The van der Waals surface area contributed by atoms with Crippen LogP contribution in [0.1, 0.15) is 30.6 Å². The van der Waals surface area contributed by atoms with Crippen molar-refractivity contribution >= 4 is 22.7 Å². The Hall–Kier alpha value is -3.07. The molecule has 30 heavy (non-hydrogen) atoms. The lowest BCUT2D eigenvalue weighted by Gasteiger charge is -2.16.